The Morgan fingerprint density at radius 2 is 1.89 bits per heavy atom. The van der Waals surface area contributed by atoms with Crippen molar-refractivity contribution in [2.75, 3.05) is 18.8 Å². The van der Waals surface area contributed by atoms with Gasteiger partial charge in [-0.1, -0.05) is 12.1 Å². The molecule has 4 rings (SSSR count). The van der Waals surface area contributed by atoms with Crippen LogP contribution in [0.25, 0.3) is 0 Å². The Kier molecular flexibility index (Phi) is 4.38. The van der Waals surface area contributed by atoms with Crippen molar-refractivity contribution in [3.8, 4) is 11.5 Å². The number of ether oxygens (including phenoxy) is 3. The molecule has 0 spiro atoms. The van der Waals surface area contributed by atoms with Crippen molar-refractivity contribution >= 4 is 17.7 Å². The van der Waals surface area contributed by atoms with Gasteiger partial charge in [-0.15, -0.1) is 0 Å². The van der Waals surface area contributed by atoms with Crippen LogP contribution in [0.3, 0.4) is 0 Å². The van der Waals surface area contributed by atoms with Crippen molar-refractivity contribution in [2.24, 2.45) is 0 Å². The van der Waals surface area contributed by atoms with Gasteiger partial charge in [-0.25, -0.2) is 14.0 Å². The first-order chi connectivity index (χ1) is 13.5. The number of nitrogens with zero attached hydrogens (tertiary/aromatic N) is 1. The molecule has 1 N–H and O–H groups in total. The summed E-state index contributed by atoms with van der Waals surface area (Å²) in [6.45, 7) is 1.77. The minimum Gasteiger partial charge on any atom is -0.466 e. The number of hydrogen-bond acceptors (Lipinski definition) is 5. The molecule has 7 nitrogen and oxygen atoms in total. The lowest BCUT2D eigenvalue weighted by atomic mass is 9.94. The molecular formula is C20H17FN2O5. The van der Waals surface area contributed by atoms with Gasteiger partial charge in [-0.05, 0) is 36.8 Å². The molecule has 28 heavy (non-hydrogen) atoms. The van der Waals surface area contributed by atoms with E-state index in [9.17, 15) is 14.0 Å². The van der Waals surface area contributed by atoms with Gasteiger partial charge in [0.1, 0.15) is 5.82 Å². The molecule has 0 unspecified atom stereocenters. The molecule has 144 valence electrons. The van der Waals surface area contributed by atoms with Crippen LogP contribution < -0.4 is 19.7 Å². The first-order valence-corrected chi connectivity index (χ1v) is 8.54. The fourth-order valence-corrected chi connectivity index (χ4v) is 3.36. The number of benzene rings is 2. The average Bonchev–Trinajstić information content (AvgIpc) is 3.15. The molecule has 0 fully saturated rings. The number of amides is 2. The molecule has 2 heterocycles. The van der Waals surface area contributed by atoms with E-state index in [1.807, 2.05) is 0 Å². The van der Waals surface area contributed by atoms with Gasteiger partial charge >= 0.3 is 12.0 Å². The third-order valence-corrected chi connectivity index (χ3v) is 4.71. The Morgan fingerprint density at radius 1 is 1.18 bits per heavy atom. The highest BCUT2D eigenvalue weighted by atomic mass is 19.1. The van der Waals surface area contributed by atoms with Crippen LogP contribution in [-0.4, -0.2) is 25.9 Å². The second-order valence-corrected chi connectivity index (χ2v) is 6.30. The summed E-state index contributed by atoms with van der Waals surface area (Å²) in [5.74, 6) is 0.101. The number of halogens is 1. The summed E-state index contributed by atoms with van der Waals surface area (Å²) in [5.41, 5.74) is 1.74. The van der Waals surface area contributed by atoms with Crippen molar-refractivity contribution < 1.29 is 28.2 Å². The fourth-order valence-electron chi connectivity index (χ4n) is 3.36. The molecule has 0 aromatic heterocycles. The largest absolute Gasteiger partial charge is 0.466 e. The third kappa shape index (κ3) is 2.92. The number of urea groups is 1. The number of carbonyl (C=O) groups excluding carboxylic acids is 2. The zero-order valence-electron chi connectivity index (χ0n) is 15.2. The van der Waals surface area contributed by atoms with E-state index in [1.165, 1.54) is 36.3 Å². The smallest absolute Gasteiger partial charge is 0.337 e. The van der Waals surface area contributed by atoms with Gasteiger partial charge in [0.25, 0.3) is 0 Å². The standard InChI is InChI=1S/C20H17FN2O5/c1-11-17(19(24)26-2)18(12-3-5-13(21)6-4-12)22-20(25)23(11)14-7-8-15-16(9-14)28-10-27-15/h3-9,18H,10H2,1-2H3,(H,22,25)/t18-/m1/s1. The molecule has 2 aromatic carbocycles. The van der Waals surface area contributed by atoms with Crippen LogP contribution in [0.5, 0.6) is 11.5 Å². The number of allylic oxidation sites excluding steroid dienone is 1. The Bertz CT molecular complexity index is 987. The highest BCUT2D eigenvalue weighted by Gasteiger charge is 2.37. The monoisotopic (exact) mass is 384 g/mol. The molecule has 2 amide bonds. The number of methoxy groups -OCH3 is 1. The molecule has 2 aliphatic heterocycles. The summed E-state index contributed by atoms with van der Waals surface area (Å²) in [6.07, 6.45) is 0. The second-order valence-electron chi connectivity index (χ2n) is 6.30. The Labute approximate surface area is 160 Å². The number of esters is 1. The third-order valence-electron chi connectivity index (χ3n) is 4.71. The van der Waals surface area contributed by atoms with E-state index in [0.29, 0.717) is 28.4 Å². The molecule has 0 radical (unpaired) electrons. The lowest BCUT2D eigenvalue weighted by Gasteiger charge is -2.35. The van der Waals surface area contributed by atoms with Gasteiger partial charge in [0.15, 0.2) is 11.5 Å². The Morgan fingerprint density at radius 3 is 2.61 bits per heavy atom. The molecular weight excluding hydrogens is 367 g/mol. The number of nitrogens with one attached hydrogen (secondary N) is 1. The normalized spacial score (nSPS) is 18.2. The van der Waals surface area contributed by atoms with Crippen molar-refractivity contribution in [3.05, 3.63) is 65.1 Å². The average molecular weight is 384 g/mol. The van der Waals surface area contributed by atoms with E-state index in [4.69, 9.17) is 14.2 Å². The van der Waals surface area contributed by atoms with E-state index >= 15 is 0 Å². The molecule has 0 aliphatic carbocycles. The van der Waals surface area contributed by atoms with Gasteiger partial charge in [-0.3, -0.25) is 4.90 Å². The zero-order chi connectivity index (χ0) is 19.8. The van der Waals surface area contributed by atoms with Crippen LogP contribution in [-0.2, 0) is 9.53 Å². The number of fused-ring (bicyclic) bond motifs is 1. The number of rotatable bonds is 3. The number of anilines is 1. The van der Waals surface area contributed by atoms with E-state index in [-0.39, 0.29) is 12.4 Å². The van der Waals surface area contributed by atoms with Crippen LogP contribution in [0.1, 0.15) is 18.5 Å². The molecule has 8 heteroatoms. The summed E-state index contributed by atoms with van der Waals surface area (Å²) >= 11 is 0. The van der Waals surface area contributed by atoms with Gasteiger partial charge < -0.3 is 19.5 Å². The quantitative estimate of drug-likeness (QED) is 0.822. The lowest BCUT2D eigenvalue weighted by molar-refractivity contribution is -0.136. The lowest BCUT2D eigenvalue weighted by Crippen LogP contribution is -2.48. The minimum atomic E-state index is -0.759. The maximum Gasteiger partial charge on any atom is 0.337 e. The zero-order valence-corrected chi connectivity index (χ0v) is 15.2. The Hall–Kier alpha value is -3.55. The molecule has 0 saturated carbocycles. The van der Waals surface area contributed by atoms with Crippen molar-refractivity contribution in [1.82, 2.24) is 5.32 Å². The van der Waals surface area contributed by atoms with E-state index in [0.717, 1.165) is 0 Å². The molecule has 2 aliphatic rings. The fraction of sp³-hybridized carbons (Fsp3) is 0.200. The summed E-state index contributed by atoms with van der Waals surface area (Å²) in [6, 6.07) is 9.46. The topological polar surface area (TPSA) is 77.1 Å². The second kappa shape index (κ2) is 6.88. The maximum absolute atomic E-state index is 13.3. The molecule has 1 atom stereocenters. The summed E-state index contributed by atoms with van der Waals surface area (Å²) in [7, 11) is 1.27. The van der Waals surface area contributed by atoms with Crippen LogP contribution in [0.15, 0.2) is 53.7 Å². The van der Waals surface area contributed by atoms with Crippen molar-refractivity contribution in [3.63, 3.8) is 0 Å². The van der Waals surface area contributed by atoms with Crippen LogP contribution in [0, 0.1) is 5.82 Å². The highest BCUT2D eigenvalue weighted by Crippen LogP contribution is 2.39. The molecule has 2 aromatic rings. The van der Waals surface area contributed by atoms with E-state index < -0.39 is 23.9 Å². The van der Waals surface area contributed by atoms with Crippen LogP contribution in [0.4, 0.5) is 14.9 Å². The summed E-state index contributed by atoms with van der Waals surface area (Å²) in [5, 5.41) is 2.80. The molecule has 0 saturated heterocycles. The Balaban J connectivity index is 1.81. The first kappa shape index (κ1) is 17.8. The molecule has 0 bridgehead atoms. The van der Waals surface area contributed by atoms with E-state index in [1.54, 1.807) is 25.1 Å². The number of hydrogen-bond donors (Lipinski definition) is 1. The van der Waals surface area contributed by atoms with Gasteiger partial charge in [-0.2, -0.15) is 0 Å². The van der Waals surface area contributed by atoms with Gasteiger partial charge in [0.2, 0.25) is 6.79 Å². The highest BCUT2D eigenvalue weighted by molar-refractivity contribution is 6.03. The van der Waals surface area contributed by atoms with Crippen molar-refractivity contribution in [1.29, 1.82) is 0 Å². The predicted molar refractivity (Wildman–Crippen MR) is 97.4 cm³/mol. The van der Waals surface area contributed by atoms with Crippen molar-refractivity contribution in [2.45, 2.75) is 13.0 Å². The number of carbonyl (C=O) groups is 2. The summed E-state index contributed by atoms with van der Waals surface area (Å²) < 4.78 is 28.9. The summed E-state index contributed by atoms with van der Waals surface area (Å²) in [4.78, 5) is 26.8. The predicted octanol–water partition coefficient (Wildman–Crippen LogP) is 3.27. The van der Waals surface area contributed by atoms with E-state index in [2.05, 4.69) is 5.32 Å². The van der Waals surface area contributed by atoms with Gasteiger partial charge in [0.05, 0.1) is 24.4 Å². The van der Waals surface area contributed by atoms with Crippen LogP contribution >= 0.6 is 0 Å². The van der Waals surface area contributed by atoms with Gasteiger partial charge in [0, 0.05) is 11.8 Å². The minimum absolute atomic E-state index is 0.111. The SMILES string of the molecule is COC(=O)C1=C(C)N(c2ccc3c(c2)OCO3)C(=O)N[C@@H]1c1ccc(F)cc1. The first-order valence-electron chi connectivity index (χ1n) is 8.54. The van der Waals surface area contributed by atoms with Crippen LogP contribution in [0.2, 0.25) is 0 Å². The maximum atomic E-state index is 13.3.